The molecule has 4 nitrogen and oxygen atoms in total. The zero-order valence-electron chi connectivity index (χ0n) is 8.33. The standard InChI is InChI=1S/C9H18N2O2S/c10-5-6-14(12,13)11-7-9(3-4-9)8-1-2-8/h8,11H,1-7,10H2. The Labute approximate surface area is 85.3 Å². The number of nitrogens with two attached hydrogens (primary N) is 1. The van der Waals surface area contributed by atoms with Crippen LogP contribution in [-0.4, -0.2) is 27.3 Å². The lowest BCUT2D eigenvalue weighted by molar-refractivity contribution is 0.432. The lowest BCUT2D eigenvalue weighted by atomic mass is 10.0. The molecule has 2 aliphatic carbocycles. The Balaban J connectivity index is 1.82. The highest BCUT2D eigenvalue weighted by Crippen LogP contribution is 2.60. The molecule has 0 aromatic carbocycles. The van der Waals surface area contributed by atoms with Gasteiger partial charge in [-0.3, -0.25) is 0 Å². The number of hydrogen-bond acceptors (Lipinski definition) is 3. The summed E-state index contributed by atoms with van der Waals surface area (Å²) < 4.78 is 25.4. The molecular formula is C9H18N2O2S. The second-order valence-electron chi connectivity index (χ2n) is 4.57. The highest BCUT2D eigenvalue weighted by molar-refractivity contribution is 7.89. The normalized spacial score (nSPS) is 24.9. The van der Waals surface area contributed by atoms with E-state index in [1.54, 1.807) is 0 Å². The van der Waals surface area contributed by atoms with Crippen LogP contribution in [0, 0.1) is 11.3 Å². The summed E-state index contributed by atoms with van der Waals surface area (Å²) >= 11 is 0. The van der Waals surface area contributed by atoms with E-state index in [1.165, 1.54) is 25.7 Å². The van der Waals surface area contributed by atoms with Crippen LogP contribution in [0.3, 0.4) is 0 Å². The van der Waals surface area contributed by atoms with Crippen molar-refractivity contribution in [2.24, 2.45) is 17.1 Å². The van der Waals surface area contributed by atoms with Crippen molar-refractivity contribution in [1.29, 1.82) is 0 Å². The zero-order chi connectivity index (χ0) is 10.2. The van der Waals surface area contributed by atoms with Gasteiger partial charge in [-0.15, -0.1) is 0 Å². The van der Waals surface area contributed by atoms with Gasteiger partial charge in [0, 0.05) is 13.1 Å². The van der Waals surface area contributed by atoms with Crippen LogP contribution in [0.15, 0.2) is 0 Å². The highest BCUT2D eigenvalue weighted by atomic mass is 32.2. The maximum atomic E-state index is 11.4. The first kappa shape index (κ1) is 10.4. The zero-order valence-corrected chi connectivity index (χ0v) is 9.15. The van der Waals surface area contributed by atoms with Gasteiger partial charge >= 0.3 is 0 Å². The highest BCUT2D eigenvalue weighted by Gasteiger charge is 2.53. The third-order valence-electron chi connectivity index (χ3n) is 3.37. The second-order valence-corrected chi connectivity index (χ2v) is 6.49. The first-order chi connectivity index (χ1) is 6.58. The molecule has 0 radical (unpaired) electrons. The van der Waals surface area contributed by atoms with Crippen LogP contribution in [0.25, 0.3) is 0 Å². The fourth-order valence-electron chi connectivity index (χ4n) is 2.07. The molecule has 0 bridgehead atoms. The van der Waals surface area contributed by atoms with E-state index in [0.29, 0.717) is 12.0 Å². The second kappa shape index (κ2) is 3.47. The van der Waals surface area contributed by atoms with Gasteiger partial charge in [-0.2, -0.15) is 0 Å². The van der Waals surface area contributed by atoms with Crippen molar-refractivity contribution in [3.63, 3.8) is 0 Å². The SMILES string of the molecule is NCCS(=O)(=O)NCC1(C2CC2)CC1. The Hall–Kier alpha value is -0.130. The average Bonchev–Trinajstić information content (AvgIpc) is 2.96. The van der Waals surface area contributed by atoms with Gasteiger partial charge in [0.1, 0.15) is 0 Å². The Morgan fingerprint density at radius 2 is 2.00 bits per heavy atom. The van der Waals surface area contributed by atoms with Gasteiger partial charge < -0.3 is 5.73 Å². The minimum absolute atomic E-state index is 0.0494. The van der Waals surface area contributed by atoms with Crippen molar-refractivity contribution < 1.29 is 8.42 Å². The average molecular weight is 218 g/mol. The molecule has 2 saturated carbocycles. The molecule has 0 aliphatic heterocycles. The van der Waals surface area contributed by atoms with Crippen molar-refractivity contribution in [2.75, 3.05) is 18.8 Å². The molecule has 3 N–H and O–H groups in total. The predicted molar refractivity (Wildman–Crippen MR) is 55.2 cm³/mol. The quantitative estimate of drug-likeness (QED) is 0.662. The minimum Gasteiger partial charge on any atom is -0.329 e. The van der Waals surface area contributed by atoms with Crippen LogP contribution < -0.4 is 10.5 Å². The summed E-state index contributed by atoms with van der Waals surface area (Å²) in [5, 5.41) is 0. The molecular weight excluding hydrogens is 200 g/mol. The summed E-state index contributed by atoms with van der Waals surface area (Å²) in [6.45, 7) is 0.839. The summed E-state index contributed by atoms with van der Waals surface area (Å²) in [6, 6.07) is 0. The first-order valence-corrected chi connectivity index (χ1v) is 6.91. The fraction of sp³-hybridized carbons (Fsp3) is 1.00. The van der Waals surface area contributed by atoms with Gasteiger partial charge in [0.05, 0.1) is 5.75 Å². The Bertz CT molecular complexity index is 305. The Kier molecular flexibility index (Phi) is 2.57. The van der Waals surface area contributed by atoms with Gasteiger partial charge in [-0.25, -0.2) is 13.1 Å². The van der Waals surface area contributed by atoms with E-state index in [9.17, 15) is 8.42 Å². The Morgan fingerprint density at radius 1 is 1.36 bits per heavy atom. The van der Waals surface area contributed by atoms with Crippen molar-refractivity contribution in [2.45, 2.75) is 25.7 Å². The molecule has 0 spiro atoms. The molecule has 0 saturated heterocycles. The summed E-state index contributed by atoms with van der Waals surface area (Å²) in [7, 11) is -3.11. The van der Waals surface area contributed by atoms with Gasteiger partial charge in [0.15, 0.2) is 0 Å². The maximum absolute atomic E-state index is 11.4. The van der Waals surface area contributed by atoms with E-state index in [1.807, 2.05) is 0 Å². The van der Waals surface area contributed by atoms with Gasteiger partial charge in [-0.05, 0) is 37.0 Å². The Morgan fingerprint density at radius 3 is 2.43 bits per heavy atom. The largest absolute Gasteiger partial charge is 0.329 e. The van der Waals surface area contributed by atoms with Crippen LogP contribution in [0.1, 0.15) is 25.7 Å². The van der Waals surface area contributed by atoms with Crippen molar-refractivity contribution >= 4 is 10.0 Å². The van der Waals surface area contributed by atoms with E-state index >= 15 is 0 Å². The van der Waals surface area contributed by atoms with Crippen LogP contribution in [0.4, 0.5) is 0 Å². The van der Waals surface area contributed by atoms with E-state index in [0.717, 1.165) is 5.92 Å². The molecule has 82 valence electrons. The molecule has 0 atom stereocenters. The van der Waals surface area contributed by atoms with E-state index < -0.39 is 10.0 Å². The molecule has 0 aromatic rings. The van der Waals surface area contributed by atoms with E-state index in [4.69, 9.17) is 5.73 Å². The summed E-state index contributed by atoms with van der Waals surface area (Å²) in [4.78, 5) is 0. The molecule has 5 heteroatoms. The molecule has 0 heterocycles. The minimum atomic E-state index is -3.11. The smallest absolute Gasteiger partial charge is 0.212 e. The molecule has 14 heavy (non-hydrogen) atoms. The van der Waals surface area contributed by atoms with Crippen LogP contribution in [-0.2, 0) is 10.0 Å². The topological polar surface area (TPSA) is 72.2 Å². The predicted octanol–water partition coefficient (Wildman–Crippen LogP) is 0.0547. The van der Waals surface area contributed by atoms with E-state index in [2.05, 4.69) is 4.72 Å². The van der Waals surface area contributed by atoms with Crippen LogP contribution in [0.5, 0.6) is 0 Å². The van der Waals surface area contributed by atoms with Gasteiger partial charge in [0.25, 0.3) is 0 Å². The van der Waals surface area contributed by atoms with E-state index in [-0.39, 0.29) is 12.3 Å². The monoisotopic (exact) mass is 218 g/mol. The molecule has 0 amide bonds. The summed E-state index contributed by atoms with van der Waals surface area (Å²) in [5.74, 6) is 0.844. The van der Waals surface area contributed by atoms with Crippen LogP contribution in [0.2, 0.25) is 0 Å². The number of rotatable bonds is 6. The third-order valence-corrected chi connectivity index (χ3v) is 4.72. The third kappa shape index (κ3) is 2.27. The van der Waals surface area contributed by atoms with Crippen molar-refractivity contribution in [3.8, 4) is 0 Å². The molecule has 0 aromatic heterocycles. The van der Waals surface area contributed by atoms with Crippen LogP contribution >= 0.6 is 0 Å². The molecule has 0 unspecified atom stereocenters. The summed E-state index contributed by atoms with van der Waals surface area (Å²) in [5.41, 5.74) is 5.56. The summed E-state index contributed by atoms with van der Waals surface area (Å²) in [6.07, 6.45) is 4.98. The van der Waals surface area contributed by atoms with Crippen molar-refractivity contribution in [1.82, 2.24) is 4.72 Å². The molecule has 2 aliphatic rings. The van der Waals surface area contributed by atoms with Crippen molar-refractivity contribution in [3.05, 3.63) is 0 Å². The molecule has 2 fully saturated rings. The lowest BCUT2D eigenvalue weighted by Gasteiger charge is -2.14. The number of sulfonamides is 1. The number of hydrogen-bond donors (Lipinski definition) is 2. The number of nitrogens with one attached hydrogen (secondary N) is 1. The maximum Gasteiger partial charge on any atom is 0.212 e. The first-order valence-electron chi connectivity index (χ1n) is 5.25. The lowest BCUT2D eigenvalue weighted by Crippen LogP contribution is -2.34. The van der Waals surface area contributed by atoms with Gasteiger partial charge in [-0.1, -0.05) is 0 Å². The molecule has 2 rings (SSSR count). The fourth-order valence-corrected chi connectivity index (χ4v) is 3.03. The van der Waals surface area contributed by atoms with Gasteiger partial charge in [0.2, 0.25) is 10.0 Å².